The van der Waals surface area contributed by atoms with E-state index in [0.717, 1.165) is 16.8 Å². The molecular weight excluding hydrogens is 394 g/mol. The standard InChI is InChI=1S/C23H23N5O3/c1-14-8-9-18(10-15(14)2)28-22-20(12-24-28)16(3)26-27(23(22)30)13-21(29)25-17-6-5-7-19(11-17)31-4/h5-12H,13H2,1-4H3,(H,25,29). The molecule has 8 heteroatoms. The van der Waals surface area contributed by atoms with E-state index in [-0.39, 0.29) is 18.0 Å². The predicted molar refractivity (Wildman–Crippen MR) is 119 cm³/mol. The Bertz CT molecular complexity index is 1350. The summed E-state index contributed by atoms with van der Waals surface area (Å²) < 4.78 is 7.95. The van der Waals surface area contributed by atoms with Crippen molar-refractivity contribution in [1.82, 2.24) is 19.6 Å². The molecule has 0 aliphatic carbocycles. The molecule has 0 spiro atoms. The van der Waals surface area contributed by atoms with E-state index in [0.29, 0.717) is 28.0 Å². The van der Waals surface area contributed by atoms with Gasteiger partial charge in [0.1, 0.15) is 17.8 Å². The van der Waals surface area contributed by atoms with Crippen molar-refractivity contribution < 1.29 is 9.53 Å². The van der Waals surface area contributed by atoms with Gasteiger partial charge in [0.25, 0.3) is 5.56 Å². The Morgan fingerprint density at radius 3 is 2.65 bits per heavy atom. The Labute approximate surface area is 179 Å². The number of rotatable bonds is 5. The van der Waals surface area contributed by atoms with Crippen LogP contribution in [0.2, 0.25) is 0 Å². The van der Waals surface area contributed by atoms with Crippen LogP contribution in [0.25, 0.3) is 16.6 Å². The van der Waals surface area contributed by atoms with E-state index in [1.54, 1.807) is 49.2 Å². The zero-order valence-electron chi connectivity index (χ0n) is 17.8. The van der Waals surface area contributed by atoms with Crippen molar-refractivity contribution in [3.63, 3.8) is 0 Å². The number of amides is 1. The fourth-order valence-corrected chi connectivity index (χ4v) is 3.42. The third-order valence-corrected chi connectivity index (χ3v) is 5.25. The monoisotopic (exact) mass is 417 g/mol. The minimum Gasteiger partial charge on any atom is -0.497 e. The smallest absolute Gasteiger partial charge is 0.293 e. The van der Waals surface area contributed by atoms with Crippen LogP contribution in [0.4, 0.5) is 5.69 Å². The molecule has 1 amide bonds. The van der Waals surface area contributed by atoms with Crippen LogP contribution in [-0.2, 0) is 11.3 Å². The summed E-state index contributed by atoms with van der Waals surface area (Å²) in [6.45, 7) is 5.62. The molecule has 2 heterocycles. The molecule has 31 heavy (non-hydrogen) atoms. The number of fused-ring (bicyclic) bond motifs is 1. The average Bonchev–Trinajstić information content (AvgIpc) is 3.20. The Hall–Kier alpha value is -3.94. The van der Waals surface area contributed by atoms with Crippen LogP contribution in [-0.4, -0.2) is 32.6 Å². The summed E-state index contributed by atoms with van der Waals surface area (Å²) in [6, 6.07) is 12.9. The number of carbonyl (C=O) groups is 1. The fourth-order valence-electron chi connectivity index (χ4n) is 3.42. The highest BCUT2D eigenvalue weighted by Gasteiger charge is 2.17. The number of anilines is 1. The second-order valence-electron chi connectivity index (χ2n) is 7.42. The summed E-state index contributed by atoms with van der Waals surface area (Å²) >= 11 is 0. The summed E-state index contributed by atoms with van der Waals surface area (Å²) in [4.78, 5) is 25.8. The van der Waals surface area contributed by atoms with Crippen LogP contribution in [0.3, 0.4) is 0 Å². The van der Waals surface area contributed by atoms with Gasteiger partial charge in [0.15, 0.2) is 0 Å². The van der Waals surface area contributed by atoms with Crippen LogP contribution < -0.4 is 15.6 Å². The van der Waals surface area contributed by atoms with Gasteiger partial charge < -0.3 is 10.1 Å². The molecule has 0 aliphatic rings. The van der Waals surface area contributed by atoms with E-state index in [4.69, 9.17) is 4.74 Å². The van der Waals surface area contributed by atoms with E-state index in [1.807, 2.05) is 32.0 Å². The number of hydrogen-bond acceptors (Lipinski definition) is 5. The molecule has 2 aromatic heterocycles. The van der Waals surface area contributed by atoms with Crippen LogP contribution in [0, 0.1) is 20.8 Å². The van der Waals surface area contributed by atoms with Gasteiger partial charge in [0.2, 0.25) is 5.91 Å². The molecule has 8 nitrogen and oxygen atoms in total. The third-order valence-electron chi connectivity index (χ3n) is 5.25. The summed E-state index contributed by atoms with van der Waals surface area (Å²) in [5, 5.41) is 12.2. The first kappa shape index (κ1) is 20.3. The topological polar surface area (TPSA) is 91.0 Å². The Morgan fingerprint density at radius 2 is 1.90 bits per heavy atom. The summed E-state index contributed by atoms with van der Waals surface area (Å²) in [7, 11) is 1.56. The van der Waals surface area contributed by atoms with Crippen molar-refractivity contribution in [2.75, 3.05) is 12.4 Å². The second-order valence-corrected chi connectivity index (χ2v) is 7.42. The highest BCUT2D eigenvalue weighted by molar-refractivity contribution is 5.91. The maximum atomic E-state index is 13.2. The van der Waals surface area contributed by atoms with Gasteiger partial charge in [-0.15, -0.1) is 0 Å². The molecule has 0 saturated heterocycles. The maximum Gasteiger partial charge on any atom is 0.293 e. The molecule has 2 aromatic carbocycles. The Kier molecular flexibility index (Phi) is 5.29. The summed E-state index contributed by atoms with van der Waals surface area (Å²) in [5.74, 6) is 0.265. The van der Waals surface area contributed by atoms with Crippen LogP contribution in [0.1, 0.15) is 16.8 Å². The van der Waals surface area contributed by atoms with Gasteiger partial charge in [0.05, 0.1) is 24.7 Å². The largest absolute Gasteiger partial charge is 0.497 e. The Morgan fingerprint density at radius 1 is 1.10 bits per heavy atom. The zero-order valence-corrected chi connectivity index (χ0v) is 17.8. The average molecular weight is 417 g/mol. The molecule has 158 valence electrons. The van der Waals surface area contributed by atoms with Gasteiger partial charge in [-0.05, 0) is 56.2 Å². The highest BCUT2D eigenvalue weighted by Crippen LogP contribution is 2.20. The van der Waals surface area contributed by atoms with E-state index in [9.17, 15) is 9.59 Å². The van der Waals surface area contributed by atoms with Crippen molar-refractivity contribution in [1.29, 1.82) is 0 Å². The van der Waals surface area contributed by atoms with E-state index >= 15 is 0 Å². The van der Waals surface area contributed by atoms with E-state index in [2.05, 4.69) is 15.5 Å². The number of methoxy groups -OCH3 is 1. The number of carbonyl (C=O) groups excluding carboxylic acids is 1. The third kappa shape index (κ3) is 3.92. The molecule has 0 atom stereocenters. The molecule has 0 unspecified atom stereocenters. The molecule has 4 rings (SSSR count). The molecule has 0 fully saturated rings. The molecule has 4 aromatic rings. The number of aryl methyl sites for hydroxylation is 3. The SMILES string of the molecule is COc1cccc(NC(=O)Cn2nc(C)c3cnn(-c4ccc(C)c(C)c4)c3c2=O)c1. The maximum absolute atomic E-state index is 13.2. The number of hydrogen-bond donors (Lipinski definition) is 1. The van der Waals surface area contributed by atoms with Crippen molar-refractivity contribution in [3.05, 3.63) is 75.8 Å². The lowest BCUT2D eigenvalue weighted by molar-refractivity contribution is -0.117. The molecule has 0 aliphatic heterocycles. The minimum atomic E-state index is -0.378. The second kappa shape index (κ2) is 8.06. The molecular formula is C23H23N5O3. The van der Waals surface area contributed by atoms with Crippen molar-refractivity contribution in [2.45, 2.75) is 27.3 Å². The number of benzene rings is 2. The first-order valence-corrected chi connectivity index (χ1v) is 9.84. The summed E-state index contributed by atoms with van der Waals surface area (Å²) in [5.41, 5.74) is 4.26. The van der Waals surface area contributed by atoms with Gasteiger partial charge in [0, 0.05) is 17.1 Å². The van der Waals surface area contributed by atoms with Crippen molar-refractivity contribution in [2.24, 2.45) is 0 Å². The first-order valence-electron chi connectivity index (χ1n) is 9.84. The Balaban J connectivity index is 1.70. The van der Waals surface area contributed by atoms with Gasteiger partial charge in [-0.2, -0.15) is 10.2 Å². The molecule has 0 saturated carbocycles. The molecule has 0 radical (unpaired) electrons. The quantitative estimate of drug-likeness (QED) is 0.539. The highest BCUT2D eigenvalue weighted by atomic mass is 16.5. The van der Waals surface area contributed by atoms with Crippen LogP contribution in [0.5, 0.6) is 5.75 Å². The number of aromatic nitrogens is 4. The predicted octanol–water partition coefficient (Wildman–Crippen LogP) is 3.15. The van der Waals surface area contributed by atoms with Crippen molar-refractivity contribution >= 4 is 22.5 Å². The van der Waals surface area contributed by atoms with Gasteiger partial charge in [-0.25, -0.2) is 9.36 Å². The molecule has 1 N–H and O–H groups in total. The number of nitrogens with one attached hydrogen (secondary N) is 1. The lowest BCUT2D eigenvalue weighted by Gasteiger charge is -2.10. The normalized spacial score (nSPS) is 11.0. The minimum absolute atomic E-state index is 0.217. The number of ether oxygens (including phenoxy) is 1. The van der Waals surface area contributed by atoms with Gasteiger partial charge in [-0.3, -0.25) is 9.59 Å². The van der Waals surface area contributed by atoms with Crippen molar-refractivity contribution in [3.8, 4) is 11.4 Å². The van der Waals surface area contributed by atoms with Gasteiger partial charge >= 0.3 is 0 Å². The first-order chi connectivity index (χ1) is 14.9. The van der Waals surface area contributed by atoms with E-state index < -0.39 is 0 Å². The lowest BCUT2D eigenvalue weighted by Crippen LogP contribution is -2.31. The number of nitrogens with zero attached hydrogens (tertiary/aromatic N) is 4. The van der Waals surface area contributed by atoms with Gasteiger partial charge in [-0.1, -0.05) is 12.1 Å². The van der Waals surface area contributed by atoms with Crippen LogP contribution >= 0.6 is 0 Å². The summed E-state index contributed by atoms with van der Waals surface area (Å²) in [6.07, 6.45) is 1.63. The lowest BCUT2D eigenvalue weighted by atomic mass is 10.1. The van der Waals surface area contributed by atoms with E-state index in [1.165, 1.54) is 4.68 Å². The molecule has 0 bridgehead atoms. The fraction of sp³-hybridized carbons (Fsp3) is 0.217. The van der Waals surface area contributed by atoms with Crippen LogP contribution in [0.15, 0.2) is 53.5 Å². The zero-order chi connectivity index (χ0) is 22.1.